The van der Waals surface area contributed by atoms with E-state index >= 15 is 0 Å². The van der Waals surface area contributed by atoms with Crippen molar-refractivity contribution in [2.24, 2.45) is 0 Å². The van der Waals surface area contributed by atoms with Crippen molar-refractivity contribution < 1.29 is 9.72 Å². The van der Waals surface area contributed by atoms with E-state index in [1.54, 1.807) is 47.4 Å². The van der Waals surface area contributed by atoms with Gasteiger partial charge in [-0.25, -0.2) is 0 Å². The fourth-order valence-corrected chi connectivity index (χ4v) is 3.72. The zero-order valence-electron chi connectivity index (χ0n) is 17.5. The highest BCUT2D eigenvalue weighted by Crippen LogP contribution is 2.31. The average Bonchev–Trinajstić information content (AvgIpc) is 2.79. The molecule has 6 nitrogen and oxygen atoms in total. The summed E-state index contributed by atoms with van der Waals surface area (Å²) in [6, 6.07) is 20.3. The maximum atomic E-state index is 13.2. The molecule has 0 fully saturated rings. The van der Waals surface area contributed by atoms with E-state index in [4.69, 9.17) is 23.2 Å². The van der Waals surface area contributed by atoms with Crippen LogP contribution in [0.5, 0.6) is 0 Å². The van der Waals surface area contributed by atoms with Gasteiger partial charge in [0.25, 0.3) is 5.69 Å². The molecular formula is C24H23Cl2N3O3. The van der Waals surface area contributed by atoms with Gasteiger partial charge in [-0.2, -0.15) is 0 Å². The van der Waals surface area contributed by atoms with Crippen LogP contribution in [0.2, 0.25) is 10.0 Å². The Kier molecular flexibility index (Phi) is 8.09. The number of benzene rings is 3. The monoisotopic (exact) mass is 471 g/mol. The Balaban J connectivity index is 1.90. The summed E-state index contributed by atoms with van der Waals surface area (Å²) >= 11 is 11.9. The number of carbonyl (C=O) groups excluding carboxylic acids is 1. The molecule has 166 valence electrons. The minimum Gasteiger partial charge on any atom is -0.350 e. The van der Waals surface area contributed by atoms with Crippen LogP contribution in [0.3, 0.4) is 0 Å². The van der Waals surface area contributed by atoms with Crippen LogP contribution in [0.1, 0.15) is 24.5 Å². The number of nitrogens with zero attached hydrogens (tertiary/aromatic N) is 2. The first kappa shape index (κ1) is 23.6. The van der Waals surface area contributed by atoms with Crippen LogP contribution < -0.4 is 10.2 Å². The molecule has 0 aliphatic rings. The van der Waals surface area contributed by atoms with E-state index in [2.05, 4.69) is 5.32 Å². The highest BCUT2D eigenvalue weighted by atomic mass is 35.5. The van der Waals surface area contributed by atoms with E-state index in [-0.39, 0.29) is 11.6 Å². The second-order valence-electron chi connectivity index (χ2n) is 7.27. The van der Waals surface area contributed by atoms with Gasteiger partial charge < -0.3 is 10.2 Å². The summed E-state index contributed by atoms with van der Waals surface area (Å²) in [5.41, 5.74) is 2.13. The van der Waals surface area contributed by atoms with Crippen molar-refractivity contribution in [3.8, 4) is 0 Å². The van der Waals surface area contributed by atoms with Crippen molar-refractivity contribution in [3.63, 3.8) is 0 Å². The number of nitro groups is 1. The minimum absolute atomic E-state index is 0.0505. The van der Waals surface area contributed by atoms with Crippen LogP contribution in [-0.2, 0) is 17.9 Å². The number of nitro benzene ring substituents is 1. The Morgan fingerprint density at radius 2 is 1.53 bits per heavy atom. The molecule has 0 saturated carbocycles. The van der Waals surface area contributed by atoms with Crippen molar-refractivity contribution in [1.29, 1.82) is 0 Å². The number of para-hydroxylation sites is 2. The van der Waals surface area contributed by atoms with E-state index in [1.165, 1.54) is 6.07 Å². The Labute approximate surface area is 196 Å². The van der Waals surface area contributed by atoms with Crippen LogP contribution in [0.4, 0.5) is 11.4 Å². The third-order valence-corrected chi connectivity index (χ3v) is 5.60. The molecule has 3 aromatic carbocycles. The molecule has 1 unspecified atom stereocenters. The molecule has 0 aliphatic heterocycles. The predicted octanol–water partition coefficient (Wildman–Crippen LogP) is 6.00. The molecular weight excluding hydrogens is 449 g/mol. The smallest absolute Gasteiger partial charge is 0.292 e. The van der Waals surface area contributed by atoms with Crippen molar-refractivity contribution >= 4 is 40.5 Å². The molecule has 0 aromatic heterocycles. The van der Waals surface area contributed by atoms with Crippen molar-refractivity contribution in [1.82, 2.24) is 5.32 Å². The molecule has 0 radical (unpaired) electrons. The third-order valence-electron chi connectivity index (χ3n) is 5.10. The zero-order valence-corrected chi connectivity index (χ0v) is 19.0. The van der Waals surface area contributed by atoms with Crippen molar-refractivity contribution in [2.45, 2.75) is 32.5 Å². The number of hydrogen-bond donors (Lipinski definition) is 1. The number of carbonyl (C=O) groups is 1. The largest absolute Gasteiger partial charge is 0.350 e. The molecule has 0 bridgehead atoms. The maximum absolute atomic E-state index is 13.2. The van der Waals surface area contributed by atoms with Crippen LogP contribution in [-0.4, -0.2) is 16.9 Å². The lowest BCUT2D eigenvalue weighted by molar-refractivity contribution is -0.384. The number of nitrogens with one attached hydrogen (secondary N) is 1. The average molecular weight is 472 g/mol. The lowest BCUT2D eigenvalue weighted by atomic mass is 10.1. The highest BCUT2D eigenvalue weighted by Gasteiger charge is 2.29. The molecule has 8 heteroatoms. The van der Waals surface area contributed by atoms with Crippen LogP contribution >= 0.6 is 23.2 Å². The first-order valence-corrected chi connectivity index (χ1v) is 10.9. The van der Waals surface area contributed by atoms with Crippen LogP contribution in [0, 0.1) is 10.1 Å². The fourth-order valence-electron chi connectivity index (χ4n) is 3.47. The number of amides is 1. The zero-order chi connectivity index (χ0) is 23.1. The van der Waals surface area contributed by atoms with Gasteiger partial charge in [0, 0.05) is 29.2 Å². The summed E-state index contributed by atoms with van der Waals surface area (Å²) in [7, 11) is 0. The summed E-state index contributed by atoms with van der Waals surface area (Å²) in [5.74, 6) is -0.213. The summed E-state index contributed by atoms with van der Waals surface area (Å²) in [6.07, 6.45) is 0.464. The normalized spacial score (nSPS) is 11.6. The Bertz CT molecular complexity index is 1070. The van der Waals surface area contributed by atoms with Crippen LogP contribution in [0.25, 0.3) is 0 Å². The maximum Gasteiger partial charge on any atom is 0.292 e. The van der Waals surface area contributed by atoms with Gasteiger partial charge in [0.15, 0.2) is 0 Å². The molecule has 0 heterocycles. The Morgan fingerprint density at radius 3 is 2.09 bits per heavy atom. The van der Waals surface area contributed by atoms with Crippen molar-refractivity contribution in [2.75, 3.05) is 4.90 Å². The molecule has 3 aromatic rings. The SMILES string of the molecule is CCC(C(=O)NCc1ccc(Cl)cc1)N(Cc1ccc(Cl)cc1)c1ccccc1[N+](=O)[O-]. The highest BCUT2D eigenvalue weighted by molar-refractivity contribution is 6.30. The molecule has 3 rings (SSSR count). The predicted molar refractivity (Wildman–Crippen MR) is 128 cm³/mol. The number of halogens is 2. The van der Waals surface area contributed by atoms with Gasteiger partial charge in [-0.3, -0.25) is 14.9 Å². The second-order valence-corrected chi connectivity index (χ2v) is 8.14. The fraction of sp³-hybridized carbons (Fsp3) is 0.208. The minimum atomic E-state index is -0.612. The first-order valence-electron chi connectivity index (χ1n) is 10.2. The van der Waals surface area contributed by atoms with Gasteiger partial charge in [0.05, 0.1) is 4.92 Å². The van der Waals surface area contributed by atoms with E-state index in [0.717, 1.165) is 11.1 Å². The van der Waals surface area contributed by atoms with Gasteiger partial charge >= 0.3 is 0 Å². The third kappa shape index (κ3) is 5.99. The summed E-state index contributed by atoms with van der Waals surface area (Å²) in [6.45, 7) is 2.53. The first-order chi connectivity index (χ1) is 15.4. The lowest BCUT2D eigenvalue weighted by Crippen LogP contribution is -2.46. The van der Waals surface area contributed by atoms with Gasteiger partial charge in [-0.1, -0.05) is 66.5 Å². The molecule has 1 N–H and O–H groups in total. The second kappa shape index (κ2) is 11.0. The summed E-state index contributed by atoms with van der Waals surface area (Å²) < 4.78 is 0. The quantitative estimate of drug-likeness (QED) is 0.306. The standard InChI is InChI=1S/C24H23Cl2N3O3/c1-2-21(24(30)27-15-17-7-11-19(25)12-8-17)28(16-18-9-13-20(26)14-10-18)22-5-3-4-6-23(22)29(31)32/h3-14,21H,2,15-16H2,1H3,(H,27,30). The molecule has 1 atom stereocenters. The number of hydrogen-bond acceptors (Lipinski definition) is 4. The van der Waals surface area contributed by atoms with Gasteiger partial charge in [-0.05, 0) is 47.9 Å². The van der Waals surface area contributed by atoms with Crippen LogP contribution in [0.15, 0.2) is 72.8 Å². The topological polar surface area (TPSA) is 75.5 Å². The molecule has 0 spiro atoms. The number of rotatable bonds is 9. The van der Waals surface area contributed by atoms with E-state index in [9.17, 15) is 14.9 Å². The lowest BCUT2D eigenvalue weighted by Gasteiger charge is -2.32. The Morgan fingerprint density at radius 1 is 0.969 bits per heavy atom. The number of anilines is 1. The van der Waals surface area contributed by atoms with E-state index in [0.29, 0.717) is 35.2 Å². The van der Waals surface area contributed by atoms with E-state index < -0.39 is 11.0 Å². The van der Waals surface area contributed by atoms with Gasteiger partial charge in [0.1, 0.15) is 11.7 Å². The molecule has 0 saturated heterocycles. The molecule has 0 aliphatic carbocycles. The van der Waals surface area contributed by atoms with Gasteiger partial charge in [0.2, 0.25) is 5.91 Å². The molecule has 1 amide bonds. The summed E-state index contributed by atoms with van der Waals surface area (Å²) in [4.78, 5) is 26.2. The Hall–Kier alpha value is -3.09. The molecule has 32 heavy (non-hydrogen) atoms. The van der Waals surface area contributed by atoms with E-state index in [1.807, 2.05) is 31.2 Å². The van der Waals surface area contributed by atoms with Crippen molar-refractivity contribution in [3.05, 3.63) is 104 Å². The van der Waals surface area contributed by atoms with Gasteiger partial charge in [-0.15, -0.1) is 0 Å². The summed E-state index contributed by atoms with van der Waals surface area (Å²) in [5, 5.41) is 15.9.